The van der Waals surface area contributed by atoms with Crippen molar-refractivity contribution in [3.8, 4) is 0 Å². The third kappa shape index (κ3) is 4.57. The van der Waals surface area contributed by atoms with Gasteiger partial charge >= 0.3 is 0 Å². The Morgan fingerprint density at radius 1 is 1.22 bits per heavy atom. The number of likely N-dealkylation sites (tertiary alicyclic amines) is 1. The highest BCUT2D eigenvalue weighted by molar-refractivity contribution is 5.76. The van der Waals surface area contributed by atoms with E-state index in [1.807, 2.05) is 41.7 Å². The first-order chi connectivity index (χ1) is 13.2. The number of piperidine rings is 1. The maximum Gasteiger partial charge on any atom is 0.222 e. The summed E-state index contributed by atoms with van der Waals surface area (Å²) in [7, 11) is 0. The number of carbonyl (C=O) groups is 1. The summed E-state index contributed by atoms with van der Waals surface area (Å²) >= 11 is 0. The number of pyridine rings is 1. The molecule has 2 saturated heterocycles. The van der Waals surface area contributed by atoms with Gasteiger partial charge in [-0.05, 0) is 43.0 Å². The Bertz CT molecular complexity index is 724. The van der Waals surface area contributed by atoms with Crippen molar-refractivity contribution < 1.29 is 9.53 Å². The predicted molar refractivity (Wildman–Crippen MR) is 103 cm³/mol. The van der Waals surface area contributed by atoms with E-state index in [4.69, 9.17) is 4.74 Å². The number of nitrogens with one attached hydrogen (secondary N) is 1. The summed E-state index contributed by atoms with van der Waals surface area (Å²) in [4.78, 5) is 24.4. The van der Waals surface area contributed by atoms with Gasteiger partial charge in [0.1, 0.15) is 0 Å². The Morgan fingerprint density at radius 2 is 2.11 bits per heavy atom. The molecule has 6 heteroatoms. The highest BCUT2D eigenvalue weighted by Gasteiger charge is 2.40. The van der Waals surface area contributed by atoms with E-state index < -0.39 is 0 Å². The van der Waals surface area contributed by atoms with Crippen LogP contribution in [0.25, 0.3) is 0 Å². The van der Waals surface area contributed by atoms with Crippen molar-refractivity contribution in [2.45, 2.75) is 37.8 Å². The highest BCUT2D eigenvalue weighted by atomic mass is 16.5. The van der Waals surface area contributed by atoms with Gasteiger partial charge < -0.3 is 14.6 Å². The molecular formula is C21H28N4O2. The molecule has 1 amide bonds. The van der Waals surface area contributed by atoms with Crippen LogP contribution < -0.4 is 0 Å². The van der Waals surface area contributed by atoms with Crippen molar-refractivity contribution in [1.82, 2.24) is 19.8 Å². The monoisotopic (exact) mass is 368 g/mol. The van der Waals surface area contributed by atoms with Gasteiger partial charge in [0, 0.05) is 63.4 Å². The molecule has 0 aromatic carbocycles. The Labute approximate surface area is 160 Å². The number of aromatic amines is 1. The van der Waals surface area contributed by atoms with Crippen molar-refractivity contribution >= 4 is 5.91 Å². The van der Waals surface area contributed by atoms with Gasteiger partial charge in [0.25, 0.3) is 0 Å². The van der Waals surface area contributed by atoms with E-state index in [2.05, 4.69) is 20.9 Å². The number of carbonyl (C=O) groups excluding carboxylic acids is 1. The Balaban J connectivity index is 1.27. The molecule has 27 heavy (non-hydrogen) atoms. The maximum absolute atomic E-state index is 12.5. The number of aryl methyl sites for hydroxylation is 1. The van der Waals surface area contributed by atoms with Gasteiger partial charge in [-0.3, -0.25) is 14.7 Å². The second-order valence-electron chi connectivity index (χ2n) is 7.68. The number of morpholine rings is 1. The lowest BCUT2D eigenvalue weighted by atomic mass is 9.89. The number of hydrogen-bond acceptors (Lipinski definition) is 4. The van der Waals surface area contributed by atoms with Crippen molar-refractivity contribution in [2.75, 3.05) is 32.8 Å². The van der Waals surface area contributed by atoms with Crippen LogP contribution in [0.15, 0.2) is 42.9 Å². The number of nitrogens with zero attached hydrogens (tertiary/aromatic N) is 3. The molecule has 1 N–H and O–H groups in total. The zero-order valence-corrected chi connectivity index (χ0v) is 15.8. The smallest absolute Gasteiger partial charge is 0.222 e. The molecule has 6 nitrogen and oxygen atoms in total. The SMILES string of the molecule is O=C(CCc1ccc[nH]1)N1CCC2(CC1)CN(Cc1cccnc1)CCO2. The minimum absolute atomic E-state index is 0.101. The van der Waals surface area contributed by atoms with Crippen LogP contribution in [-0.4, -0.2) is 64.1 Å². The first-order valence-corrected chi connectivity index (χ1v) is 9.88. The summed E-state index contributed by atoms with van der Waals surface area (Å²) in [5.74, 6) is 0.252. The van der Waals surface area contributed by atoms with Crippen LogP contribution >= 0.6 is 0 Å². The van der Waals surface area contributed by atoms with E-state index in [0.717, 1.165) is 64.3 Å². The second-order valence-corrected chi connectivity index (χ2v) is 7.68. The van der Waals surface area contributed by atoms with Gasteiger partial charge in [0.05, 0.1) is 12.2 Å². The number of rotatable bonds is 5. The standard InChI is InChI=1S/C21H28N4O2/c26-20(6-5-19-4-2-10-23-19)25-11-7-21(8-12-25)17-24(13-14-27-21)16-18-3-1-9-22-15-18/h1-4,9-10,15,23H,5-8,11-14,16-17H2. The molecule has 0 atom stereocenters. The number of amides is 1. The summed E-state index contributed by atoms with van der Waals surface area (Å²) in [6, 6.07) is 8.12. The first kappa shape index (κ1) is 18.2. The largest absolute Gasteiger partial charge is 0.372 e. The quantitative estimate of drug-likeness (QED) is 0.879. The van der Waals surface area contributed by atoms with Gasteiger partial charge in [0.15, 0.2) is 0 Å². The van der Waals surface area contributed by atoms with Gasteiger partial charge in [-0.1, -0.05) is 6.07 Å². The predicted octanol–water partition coefficient (Wildman–Crippen LogP) is 2.24. The topological polar surface area (TPSA) is 61.5 Å². The Kier molecular flexibility index (Phi) is 5.55. The minimum Gasteiger partial charge on any atom is -0.372 e. The molecule has 2 fully saturated rings. The zero-order chi connectivity index (χ0) is 18.5. The second kappa shape index (κ2) is 8.23. The molecule has 0 bridgehead atoms. The molecular weight excluding hydrogens is 340 g/mol. The van der Waals surface area contributed by atoms with Crippen LogP contribution in [0.1, 0.15) is 30.5 Å². The fourth-order valence-corrected chi connectivity index (χ4v) is 4.20. The molecule has 4 rings (SSSR count). The lowest BCUT2D eigenvalue weighted by Crippen LogP contribution is -2.57. The summed E-state index contributed by atoms with van der Waals surface area (Å²) < 4.78 is 6.22. The van der Waals surface area contributed by atoms with E-state index in [1.54, 1.807) is 0 Å². The van der Waals surface area contributed by atoms with Gasteiger partial charge in [0.2, 0.25) is 5.91 Å². The normalized spacial score (nSPS) is 20.1. The molecule has 2 aromatic heterocycles. The summed E-state index contributed by atoms with van der Waals surface area (Å²) in [6.07, 6.45) is 8.85. The molecule has 144 valence electrons. The van der Waals surface area contributed by atoms with Gasteiger partial charge in [-0.25, -0.2) is 0 Å². The van der Waals surface area contributed by atoms with Crippen LogP contribution in [-0.2, 0) is 22.5 Å². The minimum atomic E-state index is -0.101. The third-order valence-corrected chi connectivity index (χ3v) is 5.75. The Morgan fingerprint density at radius 3 is 2.85 bits per heavy atom. The summed E-state index contributed by atoms with van der Waals surface area (Å²) in [6.45, 7) is 5.16. The summed E-state index contributed by atoms with van der Waals surface area (Å²) in [5.41, 5.74) is 2.27. The molecule has 0 unspecified atom stereocenters. The van der Waals surface area contributed by atoms with E-state index >= 15 is 0 Å². The van der Waals surface area contributed by atoms with Crippen molar-refractivity contribution in [1.29, 1.82) is 0 Å². The number of aromatic nitrogens is 2. The average Bonchev–Trinajstić information content (AvgIpc) is 3.21. The molecule has 2 aliphatic heterocycles. The number of hydrogen-bond donors (Lipinski definition) is 1. The molecule has 0 saturated carbocycles. The highest BCUT2D eigenvalue weighted by Crippen LogP contribution is 2.31. The number of ether oxygens (including phenoxy) is 1. The van der Waals surface area contributed by atoms with Crippen molar-refractivity contribution in [2.24, 2.45) is 0 Å². The van der Waals surface area contributed by atoms with Crippen LogP contribution in [0, 0.1) is 0 Å². The van der Waals surface area contributed by atoms with Crippen molar-refractivity contribution in [3.05, 3.63) is 54.1 Å². The fourth-order valence-electron chi connectivity index (χ4n) is 4.20. The molecule has 0 radical (unpaired) electrons. The van der Waals surface area contributed by atoms with Gasteiger partial charge in [-0.15, -0.1) is 0 Å². The van der Waals surface area contributed by atoms with E-state index in [9.17, 15) is 4.79 Å². The average molecular weight is 368 g/mol. The van der Waals surface area contributed by atoms with Crippen molar-refractivity contribution in [3.63, 3.8) is 0 Å². The maximum atomic E-state index is 12.5. The van der Waals surface area contributed by atoms with Crippen LogP contribution in [0.5, 0.6) is 0 Å². The first-order valence-electron chi connectivity index (χ1n) is 9.88. The van der Waals surface area contributed by atoms with Gasteiger partial charge in [-0.2, -0.15) is 0 Å². The number of H-pyrrole nitrogens is 1. The summed E-state index contributed by atoms with van der Waals surface area (Å²) in [5, 5.41) is 0. The molecule has 2 aromatic rings. The van der Waals surface area contributed by atoms with E-state index in [0.29, 0.717) is 6.42 Å². The van der Waals surface area contributed by atoms with E-state index in [1.165, 1.54) is 5.56 Å². The lowest BCUT2D eigenvalue weighted by Gasteiger charge is -2.47. The molecule has 2 aliphatic rings. The van der Waals surface area contributed by atoms with Crippen LogP contribution in [0.4, 0.5) is 0 Å². The van der Waals surface area contributed by atoms with Crippen LogP contribution in [0.2, 0.25) is 0 Å². The molecule has 4 heterocycles. The fraction of sp³-hybridized carbons (Fsp3) is 0.524. The van der Waals surface area contributed by atoms with E-state index in [-0.39, 0.29) is 11.5 Å². The Hall–Kier alpha value is -2.18. The molecule has 1 spiro atoms. The lowest BCUT2D eigenvalue weighted by molar-refractivity contribution is -0.151. The van der Waals surface area contributed by atoms with Crippen LogP contribution in [0.3, 0.4) is 0 Å². The molecule has 0 aliphatic carbocycles. The third-order valence-electron chi connectivity index (χ3n) is 5.75. The zero-order valence-electron chi connectivity index (χ0n) is 15.8.